The first-order valence-corrected chi connectivity index (χ1v) is 6.30. The van der Waals surface area contributed by atoms with E-state index in [0.717, 1.165) is 0 Å². The fourth-order valence-electron chi connectivity index (χ4n) is 1.22. The van der Waals surface area contributed by atoms with Gasteiger partial charge in [0.15, 0.2) is 6.10 Å². The maximum absolute atomic E-state index is 11.7. The molecule has 6 heteroatoms. The van der Waals surface area contributed by atoms with Gasteiger partial charge in [-0.05, 0) is 32.0 Å². The second-order valence-electron chi connectivity index (χ2n) is 4.06. The summed E-state index contributed by atoms with van der Waals surface area (Å²) in [5, 5.41) is 3.56. The molecule has 1 rings (SSSR count). The number of carbonyl (C=O) groups excluding carboxylic acids is 1. The van der Waals surface area contributed by atoms with Crippen molar-refractivity contribution in [3.63, 3.8) is 0 Å². The van der Waals surface area contributed by atoms with E-state index in [1.807, 2.05) is 6.92 Å². The molecule has 0 aromatic heterocycles. The number of hydrogen-bond donors (Lipinski definition) is 2. The predicted molar refractivity (Wildman–Crippen MR) is 73.2 cm³/mol. The van der Waals surface area contributed by atoms with Crippen molar-refractivity contribution in [3.05, 3.63) is 28.2 Å². The Morgan fingerprint density at radius 2 is 2.11 bits per heavy atom. The summed E-state index contributed by atoms with van der Waals surface area (Å²) in [6.45, 7) is 3.85. The zero-order valence-electron chi connectivity index (χ0n) is 10.2. The highest BCUT2D eigenvalue weighted by atomic mass is 35.5. The third kappa shape index (κ3) is 4.72. The highest BCUT2D eigenvalue weighted by molar-refractivity contribution is 6.35. The third-order valence-electron chi connectivity index (χ3n) is 2.17. The van der Waals surface area contributed by atoms with Gasteiger partial charge in [0.25, 0.3) is 5.91 Å². The predicted octanol–water partition coefficient (Wildman–Crippen LogP) is 2.22. The molecule has 0 radical (unpaired) electrons. The van der Waals surface area contributed by atoms with E-state index in [-0.39, 0.29) is 11.9 Å². The van der Waals surface area contributed by atoms with Gasteiger partial charge in [0.05, 0.1) is 5.02 Å². The lowest BCUT2D eigenvalue weighted by atomic mass is 10.3. The van der Waals surface area contributed by atoms with Crippen molar-refractivity contribution in [3.8, 4) is 5.75 Å². The molecule has 0 heterocycles. The number of ether oxygens (including phenoxy) is 1. The van der Waals surface area contributed by atoms with E-state index in [2.05, 4.69) is 5.32 Å². The zero-order chi connectivity index (χ0) is 13.7. The summed E-state index contributed by atoms with van der Waals surface area (Å²) >= 11 is 11.7. The Balaban J connectivity index is 2.58. The van der Waals surface area contributed by atoms with Gasteiger partial charge in [0, 0.05) is 17.6 Å². The third-order valence-corrected chi connectivity index (χ3v) is 2.70. The Kier molecular flexibility index (Phi) is 5.72. The van der Waals surface area contributed by atoms with Gasteiger partial charge in [-0.2, -0.15) is 0 Å². The van der Waals surface area contributed by atoms with Crippen molar-refractivity contribution in [2.24, 2.45) is 5.73 Å². The van der Waals surface area contributed by atoms with Crippen LogP contribution in [0.1, 0.15) is 13.8 Å². The van der Waals surface area contributed by atoms with Gasteiger partial charge in [-0.3, -0.25) is 4.79 Å². The maximum Gasteiger partial charge on any atom is 0.260 e. The molecule has 18 heavy (non-hydrogen) atoms. The summed E-state index contributed by atoms with van der Waals surface area (Å²) in [6.07, 6.45) is -0.651. The molecule has 1 aromatic rings. The Bertz CT molecular complexity index is 425. The van der Waals surface area contributed by atoms with Gasteiger partial charge in [-0.15, -0.1) is 0 Å². The smallest absolute Gasteiger partial charge is 0.260 e. The van der Waals surface area contributed by atoms with Crippen LogP contribution in [0, 0.1) is 0 Å². The van der Waals surface area contributed by atoms with Crippen molar-refractivity contribution < 1.29 is 9.53 Å². The molecule has 0 aliphatic rings. The van der Waals surface area contributed by atoms with Crippen molar-refractivity contribution in [2.75, 3.05) is 6.54 Å². The number of carbonyl (C=O) groups is 1. The molecule has 2 unspecified atom stereocenters. The van der Waals surface area contributed by atoms with E-state index in [0.29, 0.717) is 22.3 Å². The lowest BCUT2D eigenvalue weighted by molar-refractivity contribution is -0.127. The normalized spacial score (nSPS) is 13.8. The second kappa shape index (κ2) is 6.83. The average Bonchev–Trinajstić information content (AvgIpc) is 2.29. The van der Waals surface area contributed by atoms with Crippen LogP contribution < -0.4 is 15.8 Å². The van der Waals surface area contributed by atoms with Gasteiger partial charge < -0.3 is 15.8 Å². The van der Waals surface area contributed by atoms with E-state index in [9.17, 15) is 4.79 Å². The molecule has 0 fully saturated rings. The molecule has 0 saturated carbocycles. The Morgan fingerprint density at radius 3 is 2.67 bits per heavy atom. The van der Waals surface area contributed by atoms with Crippen molar-refractivity contribution in [2.45, 2.75) is 26.0 Å². The molecule has 4 nitrogen and oxygen atoms in total. The molecule has 100 valence electrons. The minimum absolute atomic E-state index is 0.0970. The van der Waals surface area contributed by atoms with E-state index >= 15 is 0 Å². The maximum atomic E-state index is 11.7. The minimum atomic E-state index is -0.651. The van der Waals surface area contributed by atoms with Crippen LogP contribution in [0.5, 0.6) is 5.75 Å². The summed E-state index contributed by atoms with van der Waals surface area (Å²) in [6, 6.07) is 4.74. The monoisotopic (exact) mass is 290 g/mol. The molecule has 1 aromatic carbocycles. The first-order chi connectivity index (χ1) is 8.40. The molecule has 0 aliphatic carbocycles. The van der Waals surface area contributed by atoms with E-state index in [4.69, 9.17) is 33.7 Å². The molecule has 1 amide bonds. The molecular formula is C12H16Cl2N2O2. The van der Waals surface area contributed by atoms with Crippen LogP contribution in [0.25, 0.3) is 0 Å². The summed E-state index contributed by atoms with van der Waals surface area (Å²) in [5.74, 6) is 0.183. The van der Waals surface area contributed by atoms with Crippen LogP contribution in [-0.4, -0.2) is 24.6 Å². The van der Waals surface area contributed by atoms with Crippen LogP contribution in [0.15, 0.2) is 18.2 Å². The van der Waals surface area contributed by atoms with Crippen molar-refractivity contribution in [1.29, 1.82) is 0 Å². The molecule has 2 atom stereocenters. The first-order valence-electron chi connectivity index (χ1n) is 5.55. The Morgan fingerprint density at radius 1 is 1.44 bits per heavy atom. The second-order valence-corrected chi connectivity index (χ2v) is 4.90. The lowest BCUT2D eigenvalue weighted by Crippen LogP contribution is -2.41. The molecule has 0 spiro atoms. The zero-order valence-corrected chi connectivity index (χ0v) is 11.8. The highest BCUT2D eigenvalue weighted by Gasteiger charge is 2.16. The van der Waals surface area contributed by atoms with Gasteiger partial charge in [0.1, 0.15) is 5.75 Å². The minimum Gasteiger partial charge on any atom is -0.479 e. The van der Waals surface area contributed by atoms with Crippen LogP contribution in [0.2, 0.25) is 10.0 Å². The average molecular weight is 291 g/mol. The van der Waals surface area contributed by atoms with Crippen LogP contribution in [0.4, 0.5) is 0 Å². The van der Waals surface area contributed by atoms with Crippen LogP contribution in [0.3, 0.4) is 0 Å². The van der Waals surface area contributed by atoms with Gasteiger partial charge in [-0.25, -0.2) is 0 Å². The number of hydrogen-bond acceptors (Lipinski definition) is 3. The molecule has 3 N–H and O–H groups in total. The summed E-state index contributed by atoms with van der Waals surface area (Å²) in [5.41, 5.74) is 5.54. The van der Waals surface area contributed by atoms with Crippen LogP contribution >= 0.6 is 23.2 Å². The molecule has 0 saturated heterocycles. The number of halogens is 2. The topological polar surface area (TPSA) is 64.3 Å². The summed E-state index contributed by atoms with van der Waals surface area (Å²) in [4.78, 5) is 11.7. The Labute approximate surface area is 116 Å². The number of benzene rings is 1. The number of nitrogens with two attached hydrogens (primary N) is 1. The lowest BCUT2D eigenvalue weighted by Gasteiger charge is -2.16. The fraction of sp³-hybridized carbons (Fsp3) is 0.417. The highest BCUT2D eigenvalue weighted by Crippen LogP contribution is 2.28. The van der Waals surface area contributed by atoms with Gasteiger partial charge in [-0.1, -0.05) is 23.2 Å². The van der Waals surface area contributed by atoms with E-state index in [1.54, 1.807) is 25.1 Å². The van der Waals surface area contributed by atoms with E-state index in [1.165, 1.54) is 0 Å². The molecule has 0 aliphatic heterocycles. The van der Waals surface area contributed by atoms with Crippen molar-refractivity contribution in [1.82, 2.24) is 5.32 Å². The van der Waals surface area contributed by atoms with Crippen molar-refractivity contribution >= 4 is 29.1 Å². The van der Waals surface area contributed by atoms with E-state index < -0.39 is 6.10 Å². The van der Waals surface area contributed by atoms with Gasteiger partial charge in [0.2, 0.25) is 0 Å². The number of rotatable bonds is 5. The first kappa shape index (κ1) is 15.1. The number of amides is 1. The number of nitrogens with one attached hydrogen (secondary N) is 1. The summed E-state index contributed by atoms with van der Waals surface area (Å²) in [7, 11) is 0. The molecule has 0 bridgehead atoms. The SMILES string of the molecule is CC(N)CNC(=O)C(C)Oc1ccc(Cl)cc1Cl. The van der Waals surface area contributed by atoms with Gasteiger partial charge >= 0.3 is 0 Å². The molecular weight excluding hydrogens is 275 g/mol. The summed E-state index contributed by atoms with van der Waals surface area (Å²) < 4.78 is 5.45. The van der Waals surface area contributed by atoms with Crippen LogP contribution in [-0.2, 0) is 4.79 Å². The fourth-order valence-corrected chi connectivity index (χ4v) is 1.67. The standard InChI is InChI=1S/C12H16Cl2N2O2/c1-7(15)6-16-12(17)8(2)18-11-4-3-9(13)5-10(11)14/h3-5,7-8H,6,15H2,1-2H3,(H,16,17). The quantitative estimate of drug-likeness (QED) is 0.874. The Hall–Kier alpha value is -0.970. The largest absolute Gasteiger partial charge is 0.479 e.